The molecule has 2 atom stereocenters. The maximum Gasteiger partial charge on any atom is 0.405 e. The quantitative estimate of drug-likeness (QED) is 0.499. The molecule has 0 aliphatic heterocycles. The number of carbonyl (C=O) groups is 3. The van der Waals surface area contributed by atoms with Gasteiger partial charge in [-0.3, -0.25) is 9.59 Å². The molecule has 3 N–H and O–H groups in total. The van der Waals surface area contributed by atoms with E-state index in [1.807, 2.05) is 30.3 Å². The highest BCUT2D eigenvalue weighted by Crippen LogP contribution is 2.19. The minimum atomic E-state index is -1.25. The number of ketones is 1. The van der Waals surface area contributed by atoms with E-state index in [4.69, 9.17) is 5.11 Å². The zero-order valence-corrected chi connectivity index (χ0v) is 14.8. The van der Waals surface area contributed by atoms with Crippen LogP contribution in [0.3, 0.4) is 0 Å². The van der Waals surface area contributed by atoms with Crippen LogP contribution >= 0.6 is 0 Å². The fourth-order valence-electron chi connectivity index (χ4n) is 2.55. The largest absolute Gasteiger partial charge is 0.465 e. The highest BCUT2D eigenvalue weighted by atomic mass is 16.4. The molecule has 26 heavy (non-hydrogen) atoms. The van der Waals surface area contributed by atoms with E-state index in [1.54, 1.807) is 6.08 Å². The summed E-state index contributed by atoms with van der Waals surface area (Å²) in [4.78, 5) is 35.3. The molecule has 6 nitrogen and oxygen atoms in total. The first-order valence-corrected chi connectivity index (χ1v) is 8.56. The minimum Gasteiger partial charge on any atom is -0.465 e. The van der Waals surface area contributed by atoms with Gasteiger partial charge in [0.05, 0.1) is 12.1 Å². The van der Waals surface area contributed by atoms with E-state index in [-0.39, 0.29) is 30.6 Å². The Kier molecular flexibility index (Phi) is 9.46. The number of nitrogens with one attached hydrogen (secondary N) is 2. The number of rotatable bonds is 12. The van der Waals surface area contributed by atoms with Crippen LogP contribution in [0.25, 0.3) is 0 Å². The van der Waals surface area contributed by atoms with Crippen molar-refractivity contribution in [1.82, 2.24) is 10.6 Å². The smallest absolute Gasteiger partial charge is 0.405 e. The maximum absolute atomic E-state index is 12.4. The van der Waals surface area contributed by atoms with Gasteiger partial charge in [-0.25, -0.2) is 4.79 Å². The molecule has 0 aliphatic rings. The molecule has 0 radical (unpaired) electrons. The predicted molar refractivity (Wildman–Crippen MR) is 101 cm³/mol. The maximum atomic E-state index is 12.4. The van der Waals surface area contributed by atoms with Crippen LogP contribution in [0.4, 0.5) is 4.79 Å². The summed E-state index contributed by atoms with van der Waals surface area (Å²) in [6.07, 6.45) is 3.60. The molecule has 0 aliphatic carbocycles. The van der Waals surface area contributed by atoms with Crippen LogP contribution in [0.15, 0.2) is 55.6 Å². The topological polar surface area (TPSA) is 95.5 Å². The number of allylic oxidation sites excluding steroid dienone is 1. The molecule has 0 aromatic heterocycles. The highest BCUT2D eigenvalue weighted by Gasteiger charge is 2.21. The summed E-state index contributed by atoms with van der Waals surface area (Å²) in [5.74, 6) is -0.342. The van der Waals surface area contributed by atoms with Crippen LogP contribution < -0.4 is 10.6 Å². The first-order valence-electron chi connectivity index (χ1n) is 8.56. The number of hydrogen-bond acceptors (Lipinski definition) is 3. The monoisotopic (exact) mass is 358 g/mol. The van der Waals surface area contributed by atoms with Crippen LogP contribution in [0.2, 0.25) is 0 Å². The molecule has 1 aromatic carbocycles. The second kappa shape index (κ2) is 11.6. The molecule has 6 heteroatoms. The summed E-state index contributed by atoms with van der Waals surface area (Å²) in [5.41, 5.74) is 0.902. The second-order valence-corrected chi connectivity index (χ2v) is 5.89. The molecule has 1 aromatic rings. The van der Waals surface area contributed by atoms with Crippen molar-refractivity contribution in [2.75, 3.05) is 0 Å². The lowest BCUT2D eigenvalue weighted by molar-refractivity contribution is -0.123. The molecule has 2 amide bonds. The molecular formula is C20H26N2O4. The summed E-state index contributed by atoms with van der Waals surface area (Å²) in [7, 11) is 0. The van der Waals surface area contributed by atoms with E-state index in [2.05, 4.69) is 23.8 Å². The Labute approximate surface area is 154 Å². The Morgan fingerprint density at radius 1 is 1.04 bits per heavy atom. The number of carbonyl (C=O) groups excluding carboxylic acids is 2. The van der Waals surface area contributed by atoms with Crippen molar-refractivity contribution in [1.29, 1.82) is 0 Å². The average Bonchev–Trinajstić information content (AvgIpc) is 2.63. The van der Waals surface area contributed by atoms with Gasteiger partial charge in [0.25, 0.3) is 0 Å². The van der Waals surface area contributed by atoms with E-state index in [0.29, 0.717) is 19.3 Å². The van der Waals surface area contributed by atoms with Crippen LogP contribution in [0.1, 0.15) is 43.7 Å². The lowest BCUT2D eigenvalue weighted by atomic mass is 9.97. The van der Waals surface area contributed by atoms with Crippen LogP contribution in [0, 0.1) is 0 Å². The molecule has 0 saturated heterocycles. The lowest BCUT2D eigenvalue weighted by Crippen LogP contribution is -2.40. The van der Waals surface area contributed by atoms with E-state index in [9.17, 15) is 14.4 Å². The van der Waals surface area contributed by atoms with Gasteiger partial charge >= 0.3 is 6.09 Å². The summed E-state index contributed by atoms with van der Waals surface area (Å²) < 4.78 is 0. The Balaban J connectivity index is 2.76. The normalized spacial score (nSPS) is 12.5. The number of hydrogen-bond donors (Lipinski definition) is 3. The summed E-state index contributed by atoms with van der Waals surface area (Å²) >= 11 is 0. The SMILES string of the molecule is C=CCCC(=O)N[C@@H](CCC(=O)[C@@H](CC=C)NC(=O)O)c1ccccc1. The summed E-state index contributed by atoms with van der Waals surface area (Å²) in [6.45, 7) is 7.15. The third kappa shape index (κ3) is 7.79. The van der Waals surface area contributed by atoms with E-state index in [0.717, 1.165) is 5.56 Å². The van der Waals surface area contributed by atoms with Gasteiger partial charge in [-0.15, -0.1) is 13.2 Å². The second-order valence-electron chi connectivity index (χ2n) is 5.89. The van der Waals surface area contributed by atoms with Gasteiger partial charge in [0.15, 0.2) is 5.78 Å². The number of benzene rings is 1. The van der Waals surface area contributed by atoms with Crippen molar-refractivity contribution in [3.8, 4) is 0 Å². The third-order valence-corrected chi connectivity index (χ3v) is 3.88. The van der Waals surface area contributed by atoms with Gasteiger partial charge in [0.2, 0.25) is 5.91 Å². The molecule has 0 saturated carbocycles. The zero-order valence-electron chi connectivity index (χ0n) is 14.8. The van der Waals surface area contributed by atoms with Crippen LogP contribution in [-0.2, 0) is 9.59 Å². The third-order valence-electron chi connectivity index (χ3n) is 3.88. The van der Waals surface area contributed by atoms with E-state index in [1.165, 1.54) is 6.08 Å². The van der Waals surface area contributed by atoms with Crippen molar-refractivity contribution < 1.29 is 19.5 Å². The molecule has 0 unspecified atom stereocenters. The molecule has 0 bridgehead atoms. The summed E-state index contributed by atoms with van der Waals surface area (Å²) in [6, 6.07) is 8.25. The molecule has 140 valence electrons. The average molecular weight is 358 g/mol. The molecule has 0 spiro atoms. The van der Waals surface area contributed by atoms with Crippen molar-refractivity contribution in [3.05, 3.63) is 61.2 Å². The minimum absolute atomic E-state index is 0.113. The van der Waals surface area contributed by atoms with Crippen molar-refractivity contribution in [3.63, 3.8) is 0 Å². The Bertz CT molecular complexity index is 628. The van der Waals surface area contributed by atoms with E-state index < -0.39 is 12.1 Å². The Hall–Kier alpha value is -2.89. The first kappa shape index (κ1) is 21.2. The Morgan fingerprint density at radius 2 is 1.73 bits per heavy atom. The van der Waals surface area contributed by atoms with Crippen molar-refractivity contribution in [2.45, 2.75) is 44.2 Å². The van der Waals surface area contributed by atoms with Gasteiger partial charge in [-0.1, -0.05) is 42.5 Å². The van der Waals surface area contributed by atoms with Crippen molar-refractivity contribution in [2.24, 2.45) is 0 Å². The van der Waals surface area contributed by atoms with E-state index >= 15 is 0 Å². The molecule has 0 heterocycles. The standard InChI is InChI=1S/C20H26N2O4/c1-3-5-12-19(24)21-16(15-10-7-6-8-11-15)13-14-18(23)17(9-4-2)22-20(25)26/h3-4,6-8,10-11,16-17,22H,1-2,5,9,12-14H2,(H,21,24)(H,25,26)/t16-,17+/m0/s1. The molecule has 1 rings (SSSR count). The lowest BCUT2D eigenvalue weighted by Gasteiger charge is -2.20. The fourth-order valence-corrected chi connectivity index (χ4v) is 2.55. The van der Waals surface area contributed by atoms with Crippen molar-refractivity contribution >= 4 is 17.8 Å². The highest BCUT2D eigenvalue weighted by molar-refractivity contribution is 5.87. The van der Waals surface area contributed by atoms with Gasteiger partial charge in [0, 0.05) is 12.8 Å². The summed E-state index contributed by atoms with van der Waals surface area (Å²) in [5, 5.41) is 14.0. The molecule has 0 fully saturated rings. The Morgan fingerprint density at radius 3 is 2.31 bits per heavy atom. The van der Waals surface area contributed by atoms with Gasteiger partial charge < -0.3 is 15.7 Å². The fraction of sp³-hybridized carbons (Fsp3) is 0.350. The number of carboxylic acid groups (broad SMARTS) is 1. The molecular weight excluding hydrogens is 332 g/mol. The van der Waals surface area contributed by atoms with Crippen LogP contribution in [0.5, 0.6) is 0 Å². The number of Topliss-reactive ketones (excluding diaryl/α,β-unsaturated/α-hetero) is 1. The van der Waals surface area contributed by atoms with Gasteiger partial charge in [-0.05, 0) is 24.8 Å². The van der Waals surface area contributed by atoms with Gasteiger partial charge in [0.1, 0.15) is 0 Å². The predicted octanol–water partition coefficient (Wildman–Crippen LogP) is 3.37. The van der Waals surface area contributed by atoms with Crippen LogP contribution in [-0.4, -0.2) is 28.9 Å². The first-order chi connectivity index (χ1) is 12.5. The van der Waals surface area contributed by atoms with Gasteiger partial charge in [-0.2, -0.15) is 0 Å². The number of amides is 2. The zero-order chi connectivity index (χ0) is 19.4.